The number of rotatable bonds is 24. The Morgan fingerprint density at radius 2 is 0.696 bits per heavy atom. The second-order valence-corrected chi connectivity index (χ2v) is 18.1. The predicted octanol–water partition coefficient (Wildman–Crippen LogP) is 13.0. The van der Waals surface area contributed by atoms with E-state index in [1.807, 2.05) is 84.9 Å². The molecule has 0 unspecified atom stereocenters. The average Bonchev–Trinajstić information content (AvgIpc) is 3.44. The summed E-state index contributed by atoms with van der Waals surface area (Å²) in [7, 11) is 0. The van der Waals surface area contributed by atoms with Crippen molar-refractivity contribution < 1.29 is 66.7 Å². The highest BCUT2D eigenvalue weighted by Gasteiger charge is 2.15. The van der Waals surface area contributed by atoms with Gasteiger partial charge in [0.25, 0.3) is 0 Å². The van der Waals surface area contributed by atoms with Gasteiger partial charge in [-0.05, 0) is 158 Å². The largest absolute Gasteiger partial charge is 0.490 e. The van der Waals surface area contributed by atoms with Crippen molar-refractivity contribution in [1.29, 1.82) is 0 Å². The second kappa shape index (κ2) is 29.7. The number of carbonyl (C=O) groups excluding carboxylic acids is 6. The van der Waals surface area contributed by atoms with Crippen LogP contribution in [0.4, 0.5) is 0 Å². The zero-order chi connectivity index (χ0) is 57.6. The van der Waals surface area contributed by atoms with Crippen LogP contribution in [0.1, 0.15) is 53.5 Å². The van der Waals surface area contributed by atoms with Gasteiger partial charge in [0.05, 0.1) is 6.42 Å². The van der Waals surface area contributed by atoms with E-state index in [0.717, 1.165) is 50.9 Å². The average molecular weight is 1070 g/mol. The Morgan fingerprint density at radius 1 is 0.342 bits per heavy atom. The van der Waals surface area contributed by atoms with Crippen LogP contribution in [-0.2, 0) is 49.4 Å². The van der Waals surface area contributed by atoms with Crippen LogP contribution in [-0.4, -0.2) is 68.9 Å². The Morgan fingerprint density at radius 3 is 1.11 bits per heavy atom. The number of benzene rings is 6. The van der Waals surface area contributed by atoms with Crippen molar-refractivity contribution in [3.8, 4) is 73.3 Å². The Hall–Kier alpha value is -9.56. The van der Waals surface area contributed by atoms with Gasteiger partial charge in [-0.2, -0.15) is 0 Å². The first kappa shape index (κ1) is 60.3. The van der Waals surface area contributed by atoms with Gasteiger partial charge in [0.2, 0.25) is 0 Å². The summed E-state index contributed by atoms with van der Waals surface area (Å²) in [6.07, 6.45) is 0.788. The molecule has 0 radical (unpaired) electrons. The molecular formula is C65H64O14. The van der Waals surface area contributed by atoms with Crippen molar-refractivity contribution >= 4 is 35.8 Å². The van der Waals surface area contributed by atoms with Gasteiger partial charge in [-0.3, -0.25) is 4.79 Å². The molecule has 14 nitrogen and oxygen atoms in total. The van der Waals surface area contributed by atoms with Crippen LogP contribution < -0.4 is 23.7 Å². The van der Waals surface area contributed by atoms with Crippen LogP contribution in [0, 0.1) is 0 Å². The molecule has 0 aliphatic carbocycles. The highest BCUT2D eigenvalue weighted by Crippen LogP contribution is 2.35. The van der Waals surface area contributed by atoms with E-state index in [2.05, 4.69) is 52.0 Å². The number of hydrogen-bond acceptors (Lipinski definition) is 14. The highest BCUT2D eigenvalue weighted by molar-refractivity contribution is 5.90. The maximum Gasteiger partial charge on any atom is 0.338 e. The molecule has 6 aromatic rings. The summed E-state index contributed by atoms with van der Waals surface area (Å²) in [4.78, 5) is 70.4. The zero-order valence-corrected chi connectivity index (χ0v) is 45.4. The van der Waals surface area contributed by atoms with Crippen molar-refractivity contribution in [2.24, 2.45) is 0 Å². The lowest BCUT2D eigenvalue weighted by molar-refractivity contribution is -0.143. The van der Waals surface area contributed by atoms with Gasteiger partial charge in [0, 0.05) is 27.9 Å². The quantitative estimate of drug-likeness (QED) is 0.0184. The van der Waals surface area contributed by atoms with Crippen molar-refractivity contribution in [1.82, 2.24) is 0 Å². The Labute approximate surface area is 461 Å². The number of esters is 6. The molecule has 0 fully saturated rings. The lowest BCUT2D eigenvalue weighted by Crippen LogP contribution is -2.14. The van der Waals surface area contributed by atoms with Crippen molar-refractivity contribution in [3.63, 3.8) is 0 Å². The summed E-state index contributed by atoms with van der Waals surface area (Å²) in [6.45, 7) is 28.4. The fourth-order valence-electron chi connectivity index (χ4n) is 7.00. The SMILES string of the molecule is C=C(C)C(=O)OCCC(=O)Oc1ccc(-c2ccc(-c3ccc(OC(=O)C(=C)C)cc3)cc2CC)cc1.C=C(C)C(=O)OCCOc1ccc(-c2cc(OC(=O)C(=C)C)cc(-c3ccc(OCCOC(=O)C(=C)C)cc3)c2)cc1. The molecule has 408 valence electrons. The maximum atomic E-state index is 12.3. The fraction of sp³-hybridized carbons (Fsp3) is 0.200. The van der Waals surface area contributed by atoms with Gasteiger partial charge in [0.1, 0.15) is 61.8 Å². The van der Waals surface area contributed by atoms with Gasteiger partial charge in [0.15, 0.2) is 0 Å². The Bertz CT molecular complexity index is 3120. The predicted molar refractivity (Wildman–Crippen MR) is 303 cm³/mol. The summed E-state index contributed by atoms with van der Waals surface area (Å²) >= 11 is 0. The molecule has 0 aliphatic heterocycles. The van der Waals surface area contributed by atoms with E-state index in [-0.39, 0.29) is 50.6 Å². The molecule has 79 heavy (non-hydrogen) atoms. The molecule has 6 rings (SSSR count). The molecule has 14 heteroatoms. The Kier molecular flexibility index (Phi) is 22.6. The number of aryl methyl sites for hydroxylation is 1. The number of carbonyl (C=O) groups is 6. The Balaban J connectivity index is 0.000000293. The van der Waals surface area contributed by atoms with E-state index in [1.165, 1.54) is 5.56 Å². The van der Waals surface area contributed by atoms with Crippen molar-refractivity contribution in [2.75, 3.05) is 33.0 Å². The molecule has 0 aliphatic rings. The number of hydrogen-bond donors (Lipinski definition) is 0. The lowest BCUT2D eigenvalue weighted by Gasteiger charge is -2.13. The third-order valence-electron chi connectivity index (χ3n) is 11.2. The van der Waals surface area contributed by atoms with Crippen LogP contribution in [0.5, 0.6) is 28.7 Å². The molecule has 0 bridgehead atoms. The molecule has 0 saturated heterocycles. The molecule has 6 aromatic carbocycles. The van der Waals surface area contributed by atoms with E-state index in [1.54, 1.807) is 71.0 Å². The minimum Gasteiger partial charge on any atom is -0.490 e. The fourth-order valence-corrected chi connectivity index (χ4v) is 7.00. The van der Waals surface area contributed by atoms with Gasteiger partial charge >= 0.3 is 35.8 Å². The molecular weight excluding hydrogens is 1000 g/mol. The van der Waals surface area contributed by atoms with Gasteiger partial charge in [-0.25, -0.2) is 24.0 Å². The molecule has 0 atom stereocenters. The summed E-state index contributed by atoms with van der Waals surface area (Å²) < 4.78 is 42.5. The molecule has 0 amide bonds. The van der Waals surface area contributed by atoms with Crippen molar-refractivity contribution in [2.45, 2.75) is 54.4 Å². The van der Waals surface area contributed by atoms with Gasteiger partial charge in [-0.1, -0.05) is 107 Å². The molecule has 0 saturated carbocycles. The van der Waals surface area contributed by atoms with E-state index in [4.69, 9.17) is 37.9 Å². The van der Waals surface area contributed by atoms with Gasteiger partial charge in [-0.15, -0.1) is 0 Å². The molecule has 0 spiro atoms. The molecule has 0 heterocycles. The summed E-state index contributed by atoms with van der Waals surface area (Å²) in [5.41, 5.74) is 10.3. The lowest BCUT2D eigenvalue weighted by atomic mass is 9.93. The van der Waals surface area contributed by atoms with Crippen LogP contribution >= 0.6 is 0 Å². The summed E-state index contributed by atoms with van der Waals surface area (Å²) in [5, 5.41) is 0. The third-order valence-corrected chi connectivity index (χ3v) is 11.2. The monoisotopic (exact) mass is 1070 g/mol. The van der Waals surface area contributed by atoms with E-state index in [9.17, 15) is 28.8 Å². The zero-order valence-electron chi connectivity index (χ0n) is 45.4. The van der Waals surface area contributed by atoms with Crippen LogP contribution in [0.2, 0.25) is 0 Å². The minimum absolute atomic E-state index is 0.0421. The maximum absolute atomic E-state index is 12.3. The minimum atomic E-state index is -0.531. The topological polar surface area (TPSA) is 176 Å². The first-order chi connectivity index (χ1) is 37.7. The van der Waals surface area contributed by atoms with Crippen LogP contribution in [0.3, 0.4) is 0 Å². The standard InChI is InChI=1S/C34H34O8.C31H30O6/c1-22(2)32(35)40-17-15-38-29-11-7-25(8-12-29)27-19-28(21-31(20-27)42-34(37)24(5)6)26-9-13-30(14-10-26)39-16-18-41-33(36)23(3)4;1-6-22-19-25(23-7-12-27(13-8-23)37-31(34)21(4)5)11-16-28(22)24-9-14-26(15-10-24)36-29(32)17-18-35-30(33)20(2)3/h7-14,19-21H,1,3,5,15-18H2,2,4,6H3;7-16,19H,2,4,6,17-18H2,1,3,5H3. The highest BCUT2D eigenvalue weighted by atomic mass is 16.6. The van der Waals surface area contributed by atoms with Crippen LogP contribution in [0.15, 0.2) is 194 Å². The van der Waals surface area contributed by atoms with Crippen molar-refractivity contribution in [3.05, 3.63) is 200 Å². The normalized spacial score (nSPS) is 10.3. The first-order valence-electron chi connectivity index (χ1n) is 25.1. The van der Waals surface area contributed by atoms with E-state index in [0.29, 0.717) is 45.5 Å². The third kappa shape index (κ3) is 19.2. The second-order valence-electron chi connectivity index (χ2n) is 18.1. The summed E-state index contributed by atoms with van der Waals surface area (Å²) in [6, 6.07) is 41.2. The van der Waals surface area contributed by atoms with Crippen LogP contribution in [0.25, 0.3) is 44.5 Å². The van der Waals surface area contributed by atoms with E-state index >= 15 is 0 Å². The molecule has 0 N–H and O–H groups in total. The number of ether oxygens (including phenoxy) is 8. The smallest absolute Gasteiger partial charge is 0.338 e. The first-order valence-corrected chi connectivity index (χ1v) is 25.1. The van der Waals surface area contributed by atoms with E-state index < -0.39 is 35.8 Å². The molecule has 0 aromatic heterocycles. The van der Waals surface area contributed by atoms with Gasteiger partial charge < -0.3 is 37.9 Å². The summed E-state index contributed by atoms with van der Waals surface area (Å²) in [5.74, 6) is -0.422.